The molecule has 4 heterocycles. The summed E-state index contributed by atoms with van der Waals surface area (Å²) in [5.74, 6) is 1.38. The summed E-state index contributed by atoms with van der Waals surface area (Å²) < 4.78 is 0. The molecule has 468 valence electrons. The third-order valence-corrected chi connectivity index (χ3v) is 18.8. The van der Waals surface area contributed by atoms with E-state index in [0.29, 0.717) is 11.6 Å². The molecule has 0 saturated heterocycles. The van der Waals surface area contributed by atoms with Crippen molar-refractivity contribution in [2.24, 2.45) is 0 Å². The van der Waals surface area contributed by atoms with Crippen molar-refractivity contribution >= 4 is 43.2 Å². The highest BCUT2D eigenvalue weighted by molar-refractivity contribution is 5.97. The van der Waals surface area contributed by atoms with E-state index in [2.05, 4.69) is 338 Å². The SMILES string of the molecule is c1ccc(-c2ccc(-c3cc(-c4ccc(-c5cnc6ccccc6c5)cc4)nc(-c4ccc(-c5ccc6ccccc6c5)cc4)n3)cc2)cc1.c1cncc(-c2ccc(-c3cc(-c4ccc(-c5ccc6ccccc6c5)cc4)nc(-c4ccc(-c5cccc6ccccc56)cc4)n3)cc2)c1. The molecule has 14 aromatic carbocycles. The maximum atomic E-state index is 5.14. The minimum atomic E-state index is 0.692. The van der Waals surface area contributed by atoms with Crippen LogP contribution in [0.3, 0.4) is 0 Å². The fraction of sp³-hybridized carbons (Fsp3) is 0. The zero-order valence-corrected chi connectivity index (χ0v) is 54.5. The Hall–Kier alpha value is -13.4. The van der Waals surface area contributed by atoms with Gasteiger partial charge < -0.3 is 0 Å². The molecule has 0 spiro atoms. The molecule has 0 N–H and O–H groups in total. The third kappa shape index (κ3) is 12.7. The number of hydrogen-bond acceptors (Lipinski definition) is 6. The standard InChI is InChI=1S/2C47H31N3/c1-2-9-40-29-41(27-18-32(40)7-1)33-14-21-37(22-15-33)45-30-46(38-23-16-34(17-24-38)42-11-6-28-48-31-42)50-47(49-45)39-25-19-36(20-26-39)44-13-5-10-35-8-3-4-12-43(35)44;1-2-8-32(9-3-1)34-14-21-37(22-15-34)45-30-46(38-23-16-36(17-24-38)43-29-42-12-6-7-13-44(42)48-31-43)50-47(49-45)39-25-18-35(19-26-39)41-27-20-33-10-4-5-11-40(33)28-41/h2*1-31H. The molecule has 0 aliphatic carbocycles. The van der Waals surface area contributed by atoms with Crippen molar-refractivity contribution in [2.75, 3.05) is 0 Å². The Labute approximate surface area is 580 Å². The molecule has 0 aliphatic rings. The first kappa shape index (κ1) is 60.3. The highest BCUT2D eigenvalue weighted by Gasteiger charge is 2.16. The van der Waals surface area contributed by atoms with Crippen molar-refractivity contribution in [1.29, 1.82) is 0 Å². The van der Waals surface area contributed by atoms with Crippen molar-refractivity contribution in [3.05, 3.63) is 377 Å². The molecule has 6 heteroatoms. The summed E-state index contributed by atoms with van der Waals surface area (Å²) in [6.07, 6.45) is 5.63. The number of hydrogen-bond donors (Lipinski definition) is 0. The molecule has 0 radical (unpaired) electrons. The average molecular weight is 1280 g/mol. The summed E-state index contributed by atoms with van der Waals surface area (Å²) in [6, 6.07) is 126. The smallest absolute Gasteiger partial charge is 0.160 e. The second-order valence-electron chi connectivity index (χ2n) is 25.1. The third-order valence-electron chi connectivity index (χ3n) is 18.8. The van der Waals surface area contributed by atoms with Gasteiger partial charge in [0.2, 0.25) is 0 Å². The zero-order valence-electron chi connectivity index (χ0n) is 54.5. The number of benzene rings is 14. The lowest BCUT2D eigenvalue weighted by Crippen LogP contribution is -1.96. The summed E-state index contributed by atoms with van der Waals surface area (Å²) in [5, 5.41) is 8.55. The van der Waals surface area contributed by atoms with Crippen LogP contribution in [0.15, 0.2) is 377 Å². The minimum absolute atomic E-state index is 0.692. The average Bonchev–Trinajstić information content (AvgIpc) is 0.800. The van der Waals surface area contributed by atoms with Gasteiger partial charge in [-0.2, -0.15) is 0 Å². The molecule has 4 aromatic heterocycles. The van der Waals surface area contributed by atoms with Gasteiger partial charge in [-0.15, -0.1) is 0 Å². The van der Waals surface area contributed by atoms with Crippen molar-refractivity contribution in [1.82, 2.24) is 29.9 Å². The fourth-order valence-corrected chi connectivity index (χ4v) is 13.3. The molecule has 18 aromatic rings. The first-order chi connectivity index (χ1) is 49.5. The predicted octanol–water partition coefficient (Wildman–Crippen LogP) is 24.4. The van der Waals surface area contributed by atoms with Crippen LogP contribution in [-0.4, -0.2) is 29.9 Å². The summed E-state index contributed by atoms with van der Waals surface area (Å²) in [7, 11) is 0. The second kappa shape index (κ2) is 27.0. The van der Waals surface area contributed by atoms with E-state index in [0.717, 1.165) is 100 Å². The Morgan fingerprint density at radius 2 is 0.530 bits per heavy atom. The summed E-state index contributed by atoms with van der Waals surface area (Å²) in [4.78, 5) is 29.5. The van der Waals surface area contributed by atoms with E-state index in [1.165, 1.54) is 65.7 Å². The van der Waals surface area contributed by atoms with Gasteiger partial charge in [-0.05, 0) is 136 Å². The quantitative estimate of drug-likeness (QED) is 0.121. The van der Waals surface area contributed by atoms with Crippen LogP contribution in [0.5, 0.6) is 0 Å². The van der Waals surface area contributed by atoms with Gasteiger partial charge in [-0.1, -0.05) is 315 Å². The maximum absolute atomic E-state index is 5.14. The van der Waals surface area contributed by atoms with Crippen molar-refractivity contribution in [2.45, 2.75) is 0 Å². The van der Waals surface area contributed by atoms with Gasteiger partial charge in [0.15, 0.2) is 11.6 Å². The Bertz CT molecular complexity index is 5810. The molecule has 0 amide bonds. The van der Waals surface area contributed by atoms with Crippen LogP contribution in [0.2, 0.25) is 0 Å². The van der Waals surface area contributed by atoms with E-state index >= 15 is 0 Å². The Morgan fingerprint density at radius 1 is 0.180 bits per heavy atom. The van der Waals surface area contributed by atoms with Crippen LogP contribution >= 0.6 is 0 Å². The molecule has 18 rings (SSSR count). The van der Waals surface area contributed by atoms with Gasteiger partial charge in [-0.3, -0.25) is 9.97 Å². The molecule has 100 heavy (non-hydrogen) atoms. The first-order valence-corrected chi connectivity index (χ1v) is 33.7. The molecular formula is C94H62N6. The lowest BCUT2D eigenvalue weighted by Gasteiger charge is -2.12. The highest BCUT2D eigenvalue weighted by Crippen LogP contribution is 2.37. The van der Waals surface area contributed by atoms with E-state index < -0.39 is 0 Å². The maximum Gasteiger partial charge on any atom is 0.160 e. The summed E-state index contributed by atoms with van der Waals surface area (Å²) in [6.45, 7) is 0. The Balaban J connectivity index is 0.000000150. The van der Waals surface area contributed by atoms with Gasteiger partial charge in [0.05, 0.1) is 28.3 Å². The van der Waals surface area contributed by atoms with Gasteiger partial charge in [0.1, 0.15) is 0 Å². The first-order valence-electron chi connectivity index (χ1n) is 33.7. The normalized spacial score (nSPS) is 11.2. The molecule has 6 nitrogen and oxygen atoms in total. The highest BCUT2D eigenvalue weighted by atomic mass is 14.9. The van der Waals surface area contributed by atoms with E-state index in [9.17, 15) is 0 Å². The van der Waals surface area contributed by atoms with Gasteiger partial charge in [-0.25, -0.2) is 19.9 Å². The van der Waals surface area contributed by atoms with Crippen molar-refractivity contribution in [3.63, 3.8) is 0 Å². The van der Waals surface area contributed by atoms with Crippen LogP contribution in [0.1, 0.15) is 0 Å². The fourth-order valence-electron chi connectivity index (χ4n) is 13.3. The van der Waals surface area contributed by atoms with Crippen LogP contribution in [0.4, 0.5) is 0 Å². The second-order valence-corrected chi connectivity index (χ2v) is 25.1. The van der Waals surface area contributed by atoms with Crippen LogP contribution in [0, 0.1) is 0 Å². The number of para-hydroxylation sites is 1. The van der Waals surface area contributed by atoms with Gasteiger partial charge >= 0.3 is 0 Å². The van der Waals surface area contributed by atoms with Gasteiger partial charge in [0, 0.05) is 62.9 Å². The summed E-state index contributed by atoms with van der Waals surface area (Å²) in [5.41, 5.74) is 24.4. The number of aromatic nitrogens is 6. The predicted molar refractivity (Wildman–Crippen MR) is 415 cm³/mol. The number of fused-ring (bicyclic) bond motifs is 4. The minimum Gasteiger partial charge on any atom is -0.264 e. The lowest BCUT2D eigenvalue weighted by atomic mass is 9.97. The Kier molecular flexibility index (Phi) is 16.3. The zero-order chi connectivity index (χ0) is 66.6. The number of rotatable bonds is 12. The summed E-state index contributed by atoms with van der Waals surface area (Å²) >= 11 is 0. The van der Waals surface area contributed by atoms with Crippen LogP contribution < -0.4 is 0 Å². The molecule has 0 unspecified atom stereocenters. The number of nitrogens with zero attached hydrogens (tertiary/aromatic N) is 6. The lowest BCUT2D eigenvalue weighted by molar-refractivity contribution is 1.18. The van der Waals surface area contributed by atoms with E-state index in [1.54, 1.807) is 6.20 Å². The number of pyridine rings is 2. The molecule has 0 aliphatic heterocycles. The molecule has 0 atom stereocenters. The Morgan fingerprint density at radius 3 is 1.03 bits per heavy atom. The van der Waals surface area contributed by atoms with E-state index in [-0.39, 0.29) is 0 Å². The molecule has 0 saturated carbocycles. The van der Waals surface area contributed by atoms with Crippen LogP contribution in [0.25, 0.3) is 178 Å². The topological polar surface area (TPSA) is 77.3 Å². The molecule has 0 bridgehead atoms. The molecular weight excluding hydrogens is 1210 g/mol. The van der Waals surface area contributed by atoms with Crippen molar-refractivity contribution in [3.8, 4) is 135 Å². The van der Waals surface area contributed by atoms with E-state index in [4.69, 9.17) is 19.9 Å². The van der Waals surface area contributed by atoms with Crippen molar-refractivity contribution < 1.29 is 0 Å². The largest absolute Gasteiger partial charge is 0.264 e. The monoisotopic (exact) mass is 1270 g/mol. The van der Waals surface area contributed by atoms with E-state index in [1.807, 2.05) is 42.7 Å². The van der Waals surface area contributed by atoms with Gasteiger partial charge in [0.25, 0.3) is 0 Å². The molecule has 0 fully saturated rings. The van der Waals surface area contributed by atoms with Crippen LogP contribution in [-0.2, 0) is 0 Å².